The van der Waals surface area contributed by atoms with Gasteiger partial charge in [0.2, 0.25) is 0 Å². The van der Waals surface area contributed by atoms with Gasteiger partial charge in [-0.05, 0) is 26.2 Å². The van der Waals surface area contributed by atoms with Crippen LogP contribution in [-0.4, -0.2) is 65.2 Å². The second-order valence-corrected chi connectivity index (χ2v) is 10.3. The van der Waals surface area contributed by atoms with Gasteiger partial charge in [0.05, 0.1) is 5.69 Å². The molecule has 0 radical (unpaired) electrons. The maximum atomic E-state index is 13.6. The number of nitrogens with zero attached hydrogens (tertiary/aromatic N) is 6. The lowest BCUT2D eigenvalue weighted by molar-refractivity contribution is 0.102. The first kappa shape index (κ1) is 26.1. The predicted octanol–water partition coefficient (Wildman–Crippen LogP) is 5.58. The van der Waals surface area contributed by atoms with E-state index >= 15 is 0 Å². The van der Waals surface area contributed by atoms with Gasteiger partial charge in [-0.15, -0.1) is 10.2 Å². The molecular formula is C30H29N7OS. The number of benzene rings is 3. The normalized spacial score (nSPS) is 11.0. The van der Waals surface area contributed by atoms with Crippen molar-refractivity contribution in [2.75, 3.05) is 44.4 Å². The van der Waals surface area contributed by atoms with Gasteiger partial charge < -0.3 is 15.1 Å². The van der Waals surface area contributed by atoms with Crippen LogP contribution in [0.25, 0.3) is 32.5 Å². The summed E-state index contributed by atoms with van der Waals surface area (Å²) in [4.78, 5) is 27.1. The predicted molar refractivity (Wildman–Crippen MR) is 158 cm³/mol. The molecule has 0 fully saturated rings. The van der Waals surface area contributed by atoms with Crippen LogP contribution in [0.4, 0.5) is 11.5 Å². The second-order valence-electron chi connectivity index (χ2n) is 9.30. The van der Waals surface area contributed by atoms with Gasteiger partial charge in [0, 0.05) is 42.9 Å². The number of aromatic nitrogens is 4. The largest absolute Gasteiger partial charge is 0.358 e. The van der Waals surface area contributed by atoms with Crippen LogP contribution in [0, 0.1) is 0 Å². The molecule has 9 heteroatoms. The second kappa shape index (κ2) is 11.9. The maximum absolute atomic E-state index is 13.6. The number of para-hydroxylation sites is 1. The van der Waals surface area contributed by atoms with Crippen molar-refractivity contribution in [2.45, 2.75) is 0 Å². The van der Waals surface area contributed by atoms with Gasteiger partial charge >= 0.3 is 0 Å². The van der Waals surface area contributed by atoms with Crippen molar-refractivity contribution >= 4 is 28.7 Å². The third-order valence-corrected chi connectivity index (χ3v) is 7.11. The number of hydrogen-bond acceptors (Lipinski definition) is 8. The molecule has 0 unspecified atom stereocenters. The van der Waals surface area contributed by atoms with Crippen molar-refractivity contribution in [1.82, 2.24) is 25.1 Å². The minimum Gasteiger partial charge on any atom is -0.358 e. The topological polar surface area (TPSA) is 87.1 Å². The van der Waals surface area contributed by atoms with E-state index in [1.165, 1.54) is 11.3 Å². The number of hydrogen-bond donors (Lipinski definition) is 1. The molecule has 5 rings (SSSR count). The Morgan fingerprint density at radius 3 is 2.13 bits per heavy atom. The van der Waals surface area contributed by atoms with Crippen LogP contribution in [-0.2, 0) is 0 Å². The third-order valence-electron chi connectivity index (χ3n) is 6.10. The Hall–Kier alpha value is -4.47. The molecule has 0 atom stereocenters. The summed E-state index contributed by atoms with van der Waals surface area (Å²) < 4.78 is 0. The van der Waals surface area contributed by atoms with Gasteiger partial charge in [-0.25, -0.2) is 9.97 Å². The Morgan fingerprint density at radius 2 is 1.41 bits per heavy atom. The zero-order valence-corrected chi connectivity index (χ0v) is 22.9. The molecule has 0 aliphatic carbocycles. The zero-order chi connectivity index (χ0) is 27.2. The van der Waals surface area contributed by atoms with Crippen LogP contribution in [0.1, 0.15) is 10.5 Å². The van der Waals surface area contributed by atoms with E-state index in [2.05, 4.69) is 25.4 Å². The number of likely N-dealkylation sites (N-methyl/N-ethyl adjacent to an activating group) is 2. The maximum Gasteiger partial charge on any atom is 0.274 e. The number of nitrogens with one attached hydrogen (secondary N) is 1. The van der Waals surface area contributed by atoms with Crippen LogP contribution in [0.15, 0.2) is 91.0 Å². The van der Waals surface area contributed by atoms with Gasteiger partial charge in [0.1, 0.15) is 21.5 Å². The summed E-state index contributed by atoms with van der Waals surface area (Å²) in [6.07, 6.45) is 0. The Balaban J connectivity index is 1.46. The lowest BCUT2D eigenvalue weighted by atomic mass is 10.1. The first-order valence-electron chi connectivity index (χ1n) is 12.6. The molecule has 5 aromatic rings. The van der Waals surface area contributed by atoms with Crippen LogP contribution in [0.3, 0.4) is 0 Å². The zero-order valence-electron chi connectivity index (χ0n) is 22.1. The lowest BCUT2D eigenvalue weighted by Crippen LogP contribution is -2.29. The molecule has 0 aliphatic rings. The molecule has 0 spiro atoms. The minimum absolute atomic E-state index is 0.285. The van der Waals surface area contributed by atoms with Crippen molar-refractivity contribution in [3.05, 3.63) is 96.7 Å². The first-order chi connectivity index (χ1) is 19.0. The van der Waals surface area contributed by atoms with Crippen LogP contribution in [0.2, 0.25) is 0 Å². The van der Waals surface area contributed by atoms with Gasteiger partial charge in [-0.1, -0.05) is 84.1 Å². The minimum atomic E-state index is -0.322. The molecular weight excluding hydrogens is 506 g/mol. The van der Waals surface area contributed by atoms with E-state index in [4.69, 9.17) is 4.98 Å². The Kier molecular flexibility index (Phi) is 8.00. The smallest absolute Gasteiger partial charge is 0.274 e. The molecule has 0 aliphatic heterocycles. The molecule has 8 nitrogen and oxygen atoms in total. The molecule has 1 N–H and O–H groups in total. The van der Waals surface area contributed by atoms with E-state index in [1.807, 2.05) is 111 Å². The molecule has 196 valence electrons. The van der Waals surface area contributed by atoms with Crippen molar-refractivity contribution in [3.63, 3.8) is 0 Å². The Bertz CT molecular complexity index is 1550. The van der Waals surface area contributed by atoms with E-state index in [1.54, 1.807) is 6.07 Å². The van der Waals surface area contributed by atoms with Gasteiger partial charge in [0.15, 0.2) is 5.82 Å². The van der Waals surface area contributed by atoms with E-state index in [0.29, 0.717) is 17.3 Å². The average molecular weight is 536 g/mol. The number of carbonyl (C=O) groups excluding carboxylic acids is 1. The molecule has 0 saturated carbocycles. The van der Waals surface area contributed by atoms with Crippen molar-refractivity contribution in [1.29, 1.82) is 0 Å². The summed E-state index contributed by atoms with van der Waals surface area (Å²) in [6, 6.07) is 28.9. The summed E-state index contributed by atoms with van der Waals surface area (Å²) in [7, 11) is 6.03. The van der Waals surface area contributed by atoms with Gasteiger partial charge in [-0.3, -0.25) is 4.79 Å². The van der Waals surface area contributed by atoms with Crippen LogP contribution < -0.4 is 10.2 Å². The van der Waals surface area contributed by atoms with E-state index in [-0.39, 0.29) is 11.6 Å². The lowest BCUT2D eigenvalue weighted by Gasteiger charge is -2.21. The highest BCUT2D eigenvalue weighted by molar-refractivity contribution is 7.18. The van der Waals surface area contributed by atoms with Crippen molar-refractivity contribution in [3.8, 4) is 32.5 Å². The van der Waals surface area contributed by atoms with Crippen LogP contribution >= 0.6 is 11.3 Å². The first-order valence-corrected chi connectivity index (χ1v) is 13.4. The number of anilines is 2. The van der Waals surface area contributed by atoms with Crippen LogP contribution in [0.5, 0.6) is 0 Å². The number of rotatable bonds is 9. The van der Waals surface area contributed by atoms with Crippen molar-refractivity contribution < 1.29 is 4.79 Å². The summed E-state index contributed by atoms with van der Waals surface area (Å²) in [5, 5.41) is 13.4. The Labute approximate surface area is 232 Å². The van der Waals surface area contributed by atoms with E-state index < -0.39 is 0 Å². The fourth-order valence-electron chi connectivity index (χ4n) is 3.92. The third kappa shape index (κ3) is 6.34. The SMILES string of the molecule is CN(C)CCN(C)c1cc(C(=O)Nc2ccccc2-c2nnc(-c3ccccc3)s2)nc(-c2ccccc2)n1. The van der Waals surface area contributed by atoms with E-state index in [0.717, 1.165) is 39.8 Å². The number of amides is 1. The molecule has 39 heavy (non-hydrogen) atoms. The molecule has 2 aromatic heterocycles. The summed E-state index contributed by atoms with van der Waals surface area (Å²) in [5.74, 6) is 0.859. The Morgan fingerprint density at radius 1 is 0.769 bits per heavy atom. The highest BCUT2D eigenvalue weighted by Crippen LogP contribution is 2.34. The molecule has 1 amide bonds. The average Bonchev–Trinajstić information content (AvgIpc) is 3.47. The summed E-state index contributed by atoms with van der Waals surface area (Å²) in [5.41, 5.74) is 3.57. The van der Waals surface area contributed by atoms with Crippen molar-refractivity contribution in [2.24, 2.45) is 0 Å². The monoisotopic (exact) mass is 535 g/mol. The fourth-order valence-corrected chi connectivity index (χ4v) is 4.81. The van der Waals surface area contributed by atoms with Gasteiger partial charge in [-0.2, -0.15) is 0 Å². The molecule has 0 saturated heterocycles. The molecule has 3 aromatic carbocycles. The number of carbonyl (C=O) groups is 1. The molecule has 2 heterocycles. The summed E-state index contributed by atoms with van der Waals surface area (Å²) in [6.45, 7) is 1.60. The van der Waals surface area contributed by atoms with Gasteiger partial charge in [0.25, 0.3) is 5.91 Å². The fraction of sp³-hybridized carbons (Fsp3) is 0.167. The molecule has 0 bridgehead atoms. The quantitative estimate of drug-likeness (QED) is 0.264. The highest BCUT2D eigenvalue weighted by Gasteiger charge is 2.18. The van der Waals surface area contributed by atoms with E-state index in [9.17, 15) is 4.79 Å². The summed E-state index contributed by atoms with van der Waals surface area (Å²) >= 11 is 1.48. The highest BCUT2D eigenvalue weighted by atomic mass is 32.1. The standard InChI is InChI=1S/C30H29N7OS/c1-36(2)18-19-37(3)26-20-25(31-27(33-26)21-12-6-4-7-13-21)28(38)32-24-17-11-10-16-23(24)30-35-34-29(39-30)22-14-8-5-9-15-22/h4-17,20H,18-19H2,1-3H3,(H,32,38).